The SMILES string of the molecule is CCCN(CCO)c1ccc(N2C(=O)c3ccc(C(=O)O)cc3C2=O)cc1[N+](=O)[O-]. The van der Waals surface area contributed by atoms with Crippen LogP contribution in [0.25, 0.3) is 0 Å². The van der Waals surface area contributed by atoms with Gasteiger partial charge in [0.15, 0.2) is 0 Å². The molecule has 0 radical (unpaired) electrons. The number of aliphatic hydroxyl groups is 1. The van der Waals surface area contributed by atoms with Crippen molar-refractivity contribution in [3.05, 3.63) is 63.2 Å². The lowest BCUT2D eigenvalue weighted by atomic mass is 10.1. The molecule has 156 valence electrons. The molecule has 30 heavy (non-hydrogen) atoms. The summed E-state index contributed by atoms with van der Waals surface area (Å²) in [6.45, 7) is 2.38. The van der Waals surface area contributed by atoms with Crippen molar-refractivity contribution in [2.75, 3.05) is 29.5 Å². The summed E-state index contributed by atoms with van der Waals surface area (Å²) in [6, 6.07) is 7.58. The number of hydrogen-bond acceptors (Lipinski definition) is 7. The van der Waals surface area contributed by atoms with Gasteiger partial charge in [-0.05, 0) is 36.8 Å². The summed E-state index contributed by atoms with van der Waals surface area (Å²) in [7, 11) is 0. The number of carbonyl (C=O) groups is 3. The minimum absolute atomic E-state index is 0.00831. The lowest BCUT2D eigenvalue weighted by Crippen LogP contribution is -2.30. The van der Waals surface area contributed by atoms with Crippen LogP contribution in [0.2, 0.25) is 0 Å². The lowest BCUT2D eigenvalue weighted by molar-refractivity contribution is -0.384. The van der Waals surface area contributed by atoms with Crippen LogP contribution < -0.4 is 9.80 Å². The van der Waals surface area contributed by atoms with Crippen LogP contribution in [0.1, 0.15) is 44.4 Å². The number of aromatic carboxylic acids is 1. The number of carboxylic acids is 1. The zero-order valence-electron chi connectivity index (χ0n) is 16.1. The zero-order chi connectivity index (χ0) is 22.0. The van der Waals surface area contributed by atoms with Gasteiger partial charge >= 0.3 is 5.97 Å². The molecule has 2 aromatic rings. The van der Waals surface area contributed by atoms with Crippen LogP contribution in [0.3, 0.4) is 0 Å². The molecule has 3 rings (SSSR count). The summed E-state index contributed by atoms with van der Waals surface area (Å²) in [5, 5.41) is 30.0. The van der Waals surface area contributed by atoms with Crippen molar-refractivity contribution in [2.24, 2.45) is 0 Å². The van der Waals surface area contributed by atoms with E-state index in [9.17, 15) is 29.6 Å². The number of carbonyl (C=O) groups excluding carboxylic acids is 2. The van der Waals surface area contributed by atoms with E-state index in [4.69, 9.17) is 5.11 Å². The molecule has 2 aromatic carbocycles. The molecule has 0 fully saturated rings. The maximum Gasteiger partial charge on any atom is 0.335 e. The van der Waals surface area contributed by atoms with E-state index in [0.29, 0.717) is 13.0 Å². The number of rotatable bonds is 8. The second kappa shape index (κ2) is 8.29. The number of nitro benzene ring substituents is 1. The summed E-state index contributed by atoms with van der Waals surface area (Å²) < 4.78 is 0. The number of imide groups is 1. The van der Waals surface area contributed by atoms with Crippen LogP contribution in [0.4, 0.5) is 17.1 Å². The topological polar surface area (TPSA) is 141 Å². The van der Waals surface area contributed by atoms with Crippen LogP contribution in [-0.2, 0) is 0 Å². The summed E-state index contributed by atoms with van der Waals surface area (Å²) in [4.78, 5) is 50.2. The first-order chi connectivity index (χ1) is 14.3. The van der Waals surface area contributed by atoms with Gasteiger partial charge in [0.2, 0.25) is 0 Å². The van der Waals surface area contributed by atoms with Crippen LogP contribution in [0, 0.1) is 10.1 Å². The van der Waals surface area contributed by atoms with E-state index in [2.05, 4.69) is 0 Å². The van der Waals surface area contributed by atoms with Gasteiger partial charge in [0.1, 0.15) is 5.69 Å². The van der Waals surface area contributed by atoms with E-state index in [0.717, 1.165) is 17.0 Å². The van der Waals surface area contributed by atoms with Crippen molar-refractivity contribution >= 4 is 34.8 Å². The Balaban J connectivity index is 2.05. The minimum Gasteiger partial charge on any atom is -0.478 e. The van der Waals surface area contributed by atoms with Gasteiger partial charge in [-0.15, -0.1) is 0 Å². The Labute approximate surface area is 171 Å². The Morgan fingerprint density at radius 3 is 2.40 bits per heavy atom. The van der Waals surface area contributed by atoms with Crippen molar-refractivity contribution in [3.8, 4) is 0 Å². The highest BCUT2D eigenvalue weighted by Gasteiger charge is 2.38. The maximum absolute atomic E-state index is 12.8. The summed E-state index contributed by atoms with van der Waals surface area (Å²) in [6.07, 6.45) is 0.698. The van der Waals surface area contributed by atoms with Crippen molar-refractivity contribution in [1.29, 1.82) is 0 Å². The molecule has 1 aliphatic heterocycles. The molecular weight excluding hydrogens is 394 g/mol. The maximum atomic E-state index is 12.8. The molecule has 0 aromatic heterocycles. The third kappa shape index (κ3) is 3.60. The molecule has 1 aliphatic rings. The molecule has 0 unspecified atom stereocenters. The second-order valence-corrected chi connectivity index (χ2v) is 6.65. The fraction of sp³-hybridized carbons (Fsp3) is 0.250. The van der Waals surface area contributed by atoms with E-state index in [-0.39, 0.29) is 46.9 Å². The Kier molecular flexibility index (Phi) is 5.79. The van der Waals surface area contributed by atoms with Crippen molar-refractivity contribution in [3.63, 3.8) is 0 Å². The molecule has 1 heterocycles. The number of anilines is 2. The average molecular weight is 413 g/mol. The van der Waals surface area contributed by atoms with Gasteiger partial charge < -0.3 is 15.1 Å². The van der Waals surface area contributed by atoms with Crippen molar-refractivity contribution < 1.29 is 29.5 Å². The summed E-state index contributed by atoms with van der Waals surface area (Å²) >= 11 is 0. The number of aliphatic hydroxyl groups excluding tert-OH is 1. The summed E-state index contributed by atoms with van der Waals surface area (Å²) in [5.74, 6) is -2.67. The fourth-order valence-electron chi connectivity index (χ4n) is 3.42. The number of nitrogens with zero attached hydrogens (tertiary/aromatic N) is 3. The van der Waals surface area contributed by atoms with Crippen LogP contribution in [0.15, 0.2) is 36.4 Å². The first-order valence-corrected chi connectivity index (χ1v) is 9.20. The van der Waals surface area contributed by atoms with Gasteiger partial charge in [0, 0.05) is 19.2 Å². The molecule has 2 amide bonds. The Bertz CT molecular complexity index is 1040. The fourth-order valence-corrected chi connectivity index (χ4v) is 3.42. The molecule has 10 heteroatoms. The number of hydrogen-bond donors (Lipinski definition) is 2. The normalized spacial score (nSPS) is 12.8. The highest BCUT2D eigenvalue weighted by molar-refractivity contribution is 6.34. The molecule has 10 nitrogen and oxygen atoms in total. The smallest absolute Gasteiger partial charge is 0.335 e. The van der Waals surface area contributed by atoms with Crippen molar-refractivity contribution in [2.45, 2.75) is 13.3 Å². The monoisotopic (exact) mass is 413 g/mol. The second-order valence-electron chi connectivity index (χ2n) is 6.65. The Morgan fingerprint density at radius 1 is 1.10 bits per heavy atom. The first-order valence-electron chi connectivity index (χ1n) is 9.20. The minimum atomic E-state index is -1.24. The standard InChI is InChI=1S/C20H19N3O7/c1-2-7-21(8-9-24)16-6-4-13(11-17(16)23(29)30)22-18(25)14-5-3-12(20(27)28)10-15(14)19(22)26/h3-6,10-11,24H,2,7-9H2,1H3,(H,27,28). The molecule has 0 saturated heterocycles. The lowest BCUT2D eigenvalue weighted by Gasteiger charge is -2.24. The van der Waals surface area contributed by atoms with Crippen molar-refractivity contribution in [1.82, 2.24) is 0 Å². The van der Waals surface area contributed by atoms with E-state index in [1.165, 1.54) is 24.3 Å². The molecule has 2 N–H and O–H groups in total. The molecule has 0 atom stereocenters. The van der Waals surface area contributed by atoms with Crippen LogP contribution in [-0.4, -0.2) is 52.6 Å². The van der Waals surface area contributed by atoms with Crippen LogP contribution >= 0.6 is 0 Å². The highest BCUT2D eigenvalue weighted by Crippen LogP contribution is 2.36. The molecule has 0 aliphatic carbocycles. The van der Waals surface area contributed by atoms with Gasteiger partial charge in [-0.25, -0.2) is 9.69 Å². The number of benzene rings is 2. The van der Waals surface area contributed by atoms with E-state index < -0.39 is 22.7 Å². The number of fused-ring (bicyclic) bond motifs is 1. The molecular formula is C20H19N3O7. The largest absolute Gasteiger partial charge is 0.478 e. The predicted octanol–water partition coefficient (Wildman–Crippen LogP) is 2.30. The summed E-state index contributed by atoms with van der Waals surface area (Å²) in [5.41, 5.74) is -0.211. The number of amides is 2. The Morgan fingerprint density at radius 2 is 1.80 bits per heavy atom. The molecule has 0 bridgehead atoms. The zero-order valence-corrected chi connectivity index (χ0v) is 16.1. The van der Waals surface area contributed by atoms with E-state index >= 15 is 0 Å². The van der Waals surface area contributed by atoms with Gasteiger partial charge in [0.05, 0.1) is 33.9 Å². The first kappa shape index (κ1) is 20.9. The third-order valence-electron chi connectivity index (χ3n) is 4.75. The van der Waals surface area contributed by atoms with E-state index in [1.807, 2.05) is 6.92 Å². The molecule has 0 saturated carbocycles. The molecule has 0 spiro atoms. The third-order valence-corrected chi connectivity index (χ3v) is 4.75. The quantitative estimate of drug-likeness (QED) is 0.381. The predicted molar refractivity (Wildman–Crippen MR) is 107 cm³/mol. The van der Waals surface area contributed by atoms with Gasteiger partial charge in [-0.1, -0.05) is 6.92 Å². The number of nitro groups is 1. The van der Waals surface area contributed by atoms with Gasteiger partial charge in [-0.3, -0.25) is 19.7 Å². The highest BCUT2D eigenvalue weighted by atomic mass is 16.6. The average Bonchev–Trinajstić information content (AvgIpc) is 2.97. The van der Waals surface area contributed by atoms with Gasteiger partial charge in [-0.2, -0.15) is 0 Å². The van der Waals surface area contributed by atoms with Gasteiger partial charge in [0.25, 0.3) is 17.5 Å². The van der Waals surface area contributed by atoms with Crippen LogP contribution in [0.5, 0.6) is 0 Å². The Hall–Kier alpha value is -3.79. The van der Waals surface area contributed by atoms with E-state index in [1.54, 1.807) is 4.90 Å². The number of carboxylic acid groups (broad SMARTS) is 1.